The number of nitrogens with one attached hydrogen (secondary N) is 1. The lowest BCUT2D eigenvalue weighted by Gasteiger charge is -2.14. The van der Waals surface area contributed by atoms with Crippen LogP contribution in [0.4, 0.5) is 26.3 Å². The largest absolute Gasteiger partial charge is 0.486 e. The molecule has 2 aromatic heterocycles. The number of benzene rings is 2. The van der Waals surface area contributed by atoms with Crippen LogP contribution in [-0.4, -0.2) is 15.0 Å². The first kappa shape index (κ1) is 22.0. The van der Waals surface area contributed by atoms with Crippen LogP contribution in [0.15, 0.2) is 70.7 Å². The third-order valence-corrected chi connectivity index (χ3v) is 5.32. The average molecular weight is 469 g/mol. The highest BCUT2D eigenvalue weighted by Crippen LogP contribution is 2.38. The number of aromatic amines is 1. The number of H-pyrrole nitrogens is 1. The number of hydrogen-bond donors (Lipinski definition) is 1. The fourth-order valence-corrected chi connectivity index (χ4v) is 3.71. The predicted octanol–water partition coefficient (Wildman–Crippen LogP) is 6.73. The Morgan fingerprint density at radius 3 is 2.09 bits per heavy atom. The molecular formula is C21H13F6N3OS. The van der Waals surface area contributed by atoms with Gasteiger partial charge in [0.2, 0.25) is 0 Å². The Balaban J connectivity index is 1.54. The molecule has 0 aliphatic rings. The lowest BCUT2D eigenvalue weighted by atomic mass is 10.1. The molecule has 4 nitrogen and oxygen atoms in total. The molecule has 0 fully saturated rings. The monoisotopic (exact) mass is 469 g/mol. The number of hydrogen-bond acceptors (Lipinski definition) is 4. The summed E-state index contributed by atoms with van der Waals surface area (Å²) in [4.78, 5) is 13.1. The lowest BCUT2D eigenvalue weighted by molar-refractivity contribution is -0.143. The zero-order valence-corrected chi connectivity index (χ0v) is 16.8. The molecule has 32 heavy (non-hydrogen) atoms. The van der Waals surface area contributed by atoms with Crippen molar-refractivity contribution in [2.45, 2.75) is 28.8 Å². The summed E-state index contributed by atoms with van der Waals surface area (Å²) in [7, 11) is 0. The first-order chi connectivity index (χ1) is 15.1. The van der Waals surface area contributed by atoms with Gasteiger partial charge in [-0.2, -0.15) is 26.3 Å². The lowest BCUT2D eigenvalue weighted by Crippen LogP contribution is -2.11. The van der Waals surface area contributed by atoms with E-state index in [-0.39, 0.29) is 18.5 Å². The smallest absolute Gasteiger partial charge is 0.416 e. The van der Waals surface area contributed by atoms with Crippen molar-refractivity contribution in [1.82, 2.24) is 15.0 Å². The molecule has 0 amide bonds. The van der Waals surface area contributed by atoms with E-state index in [9.17, 15) is 26.3 Å². The van der Waals surface area contributed by atoms with E-state index < -0.39 is 29.2 Å². The molecule has 4 rings (SSSR count). The topological polar surface area (TPSA) is 50.8 Å². The minimum atomic E-state index is -4.94. The quantitative estimate of drug-likeness (QED) is 0.330. The van der Waals surface area contributed by atoms with Crippen LogP contribution < -0.4 is 4.74 Å². The first-order valence-electron chi connectivity index (χ1n) is 9.07. The van der Waals surface area contributed by atoms with Gasteiger partial charge >= 0.3 is 12.4 Å². The Kier molecular flexibility index (Phi) is 5.76. The summed E-state index contributed by atoms with van der Waals surface area (Å²) in [5, 5.41) is 0. The third kappa shape index (κ3) is 5.16. The molecule has 0 saturated heterocycles. The maximum Gasteiger partial charge on any atom is 0.416 e. The van der Waals surface area contributed by atoms with Crippen molar-refractivity contribution in [3.63, 3.8) is 0 Å². The van der Waals surface area contributed by atoms with Gasteiger partial charge in [-0.25, -0.2) is 4.98 Å². The maximum atomic E-state index is 13.0. The van der Waals surface area contributed by atoms with E-state index in [0.29, 0.717) is 23.2 Å². The molecule has 0 spiro atoms. The van der Waals surface area contributed by atoms with Crippen LogP contribution in [0.1, 0.15) is 17.0 Å². The summed E-state index contributed by atoms with van der Waals surface area (Å²) < 4.78 is 83.1. The van der Waals surface area contributed by atoms with E-state index in [1.807, 2.05) is 24.3 Å². The van der Waals surface area contributed by atoms with Crippen molar-refractivity contribution in [1.29, 1.82) is 0 Å². The molecule has 1 N–H and O–H groups in total. The number of nitrogens with zero attached hydrogens (tertiary/aromatic N) is 2. The summed E-state index contributed by atoms with van der Waals surface area (Å²) in [5.74, 6) is -0.293. The summed E-state index contributed by atoms with van der Waals surface area (Å²) in [5.41, 5.74) is -1.64. The van der Waals surface area contributed by atoms with Gasteiger partial charge in [-0.1, -0.05) is 11.8 Å². The Hall–Kier alpha value is -3.21. The predicted molar refractivity (Wildman–Crippen MR) is 105 cm³/mol. The second-order valence-corrected chi connectivity index (χ2v) is 7.82. The van der Waals surface area contributed by atoms with Gasteiger partial charge in [-0.15, -0.1) is 0 Å². The second kappa shape index (κ2) is 8.38. The number of fused-ring (bicyclic) bond motifs is 1. The molecule has 0 radical (unpaired) electrons. The normalized spacial score (nSPS) is 12.3. The van der Waals surface area contributed by atoms with Crippen molar-refractivity contribution in [3.05, 3.63) is 77.9 Å². The van der Waals surface area contributed by atoms with Crippen LogP contribution in [0.25, 0.3) is 11.0 Å². The maximum absolute atomic E-state index is 13.0. The van der Waals surface area contributed by atoms with Crippen LogP contribution in [0, 0.1) is 0 Å². The van der Waals surface area contributed by atoms with Gasteiger partial charge in [-0.05, 0) is 48.5 Å². The summed E-state index contributed by atoms with van der Waals surface area (Å²) in [6.45, 7) is -0.333. The number of imidazole rings is 1. The molecule has 11 heteroatoms. The SMILES string of the molecule is FC(F)(F)c1cc(OCc2nc3cc(Sc4ccncc4)ccc3[nH]2)cc(C(F)(F)F)c1. The number of ether oxygens (including phenoxy) is 1. The van der Waals surface area contributed by atoms with E-state index >= 15 is 0 Å². The fourth-order valence-electron chi connectivity index (χ4n) is 2.87. The third-order valence-electron chi connectivity index (χ3n) is 4.33. The van der Waals surface area contributed by atoms with E-state index in [2.05, 4.69) is 15.0 Å². The van der Waals surface area contributed by atoms with E-state index in [4.69, 9.17) is 4.74 Å². The van der Waals surface area contributed by atoms with Crippen LogP contribution in [0.3, 0.4) is 0 Å². The van der Waals surface area contributed by atoms with Crippen molar-refractivity contribution < 1.29 is 31.1 Å². The molecule has 0 unspecified atom stereocenters. The van der Waals surface area contributed by atoms with Crippen molar-refractivity contribution >= 4 is 22.8 Å². The van der Waals surface area contributed by atoms with Crippen LogP contribution in [0.5, 0.6) is 5.75 Å². The zero-order chi connectivity index (χ0) is 22.9. The van der Waals surface area contributed by atoms with E-state index in [1.54, 1.807) is 18.5 Å². The second-order valence-electron chi connectivity index (χ2n) is 6.68. The molecule has 0 bridgehead atoms. The highest BCUT2D eigenvalue weighted by atomic mass is 32.2. The Morgan fingerprint density at radius 2 is 1.47 bits per heavy atom. The van der Waals surface area contributed by atoms with Crippen LogP contribution in [0.2, 0.25) is 0 Å². The van der Waals surface area contributed by atoms with Crippen molar-refractivity contribution in [3.8, 4) is 5.75 Å². The standard InChI is InChI=1S/C21H13F6N3OS/c22-20(23,24)12-7-13(21(25,26)27)9-14(8-12)31-11-19-29-17-2-1-16(10-18(17)30-19)32-15-3-5-28-6-4-15/h1-10H,11H2,(H,29,30). The van der Waals surface area contributed by atoms with Gasteiger partial charge in [0.1, 0.15) is 18.2 Å². The minimum Gasteiger partial charge on any atom is -0.486 e. The van der Waals surface area contributed by atoms with Crippen LogP contribution in [-0.2, 0) is 19.0 Å². The van der Waals surface area contributed by atoms with Crippen LogP contribution >= 0.6 is 11.8 Å². The van der Waals surface area contributed by atoms with Gasteiger partial charge in [0.25, 0.3) is 0 Å². The number of halogens is 6. The molecule has 0 atom stereocenters. The highest BCUT2D eigenvalue weighted by molar-refractivity contribution is 7.99. The molecule has 0 aliphatic carbocycles. The summed E-state index contributed by atoms with van der Waals surface area (Å²) in [6, 6.07) is 10.3. The van der Waals surface area contributed by atoms with Crippen molar-refractivity contribution in [2.75, 3.05) is 0 Å². The molecule has 2 heterocycles. The number of aromatic nitrogens is 3. The molecule has 4 aromatic rings. The van der Waals surface area contributed by atoms with Gasteiger partial charge < -0.3 is 9.72 Å². The molecule has 166 valence electrons. The number of pyridine rings is 1. The molecular weight excluding hydrogens is 456 g/mol. The van der Waals surface area contributed by atoms with Gasteiger partial charge in [-0.3, -0.25) is 4.98 Å². The summed E-state index contributed by atoms with van der Waals surface area (Å²) in [6.07, 6.45) is -6.55. The summed E-state index contributed by atoms with van der Waals surface area (Å²) >= 11 is 1.49. The zero-order valence-electron chi connectivity index (χ0n) is 16.0. The highest BCUT2D eigenvalue weighted by Gasteiger charge is 2.37. The van der Waals surface area contributed by atoms with E-state index in [0.717, 1.165) is 9.79 Å². The minimum absolute atomic E-state index is 0.0516. The first-order valence-corrected chi connectivity index (χ1v) is 9.88. The molecule has 0 aliphatic heterocycles. The average Bonchev–Trinajstić information content (AvgIpc) is 3.14. The Morgan fingerprint density at radius 1 is 0.812 bits per heavy atom. The van der Waals surface area contributed by atoms with Gasteiger partial charge in [0.15, 0.2) is 0 Å². The van der Waals surface area contributed by atoms with Gasteiger partial charge in [0, 0.05) is 22.2 Å². The number of rotatable bonds is 5. The Bertz CT molecular complexity index is 1210. The fraction of sp³-hybridized carbons (Fsp3) is 0.143. The molecule has 0 saturated carbocycles. The van der Waals surface area contributed by atoms with E-state index in [1.165, 1.54) is 11.8 Å². The Labute approximate surface area is 181 Å². The van der Waals surface area contributed by atoms with Gasteiger partial charge in [0.05, 0.1) is 22.2 Å². The number of alkyl halides is 6. The van der Waals surface area contributed by atoms with Crippen molar-refractivity contribution in [2.24, 2.45) is 0 Å². The molecule has 2 aromatic carbocycles.